The van der Waals surface area contributed by atoms with Crippen molar-refractivity contribution in [3.63, 3.8) is 0 Å². The van der Waals surface area contributed by atoms with E-state index in [1.165, 1.54) is 41.5 Å². The van der Waals surface area contributed by atoms with Crippen LogP contribution in [0.3, 0.4) is 0 Å². The molecule has 0 rings (SSSR count). The number of rotatable bonds is 6. The average Bonchev–Trinajstić information content (AvgIpc) is 2.64. The fourth-order valence-electron chi connectivity index (χ4n) is 1.52. The number of hydrogen-bond acceptors (Lipinski definition) is 4. The zero-order valence-corrected chi connectivity index (χ0v) is 26.2. The number of allylic oxidation sites excluding steroid dienone is 4. The molecular formula is C20H24BaF14O6. The monoisotopic (exact) mass is 764 g/mol. The van der Waals surface area contributed by atoms with Gasteiger partial charge in [0.25, 0.3) is 0 Å². The van der Waals surface area contributed by atoms with Gasteiger partial charge in [-0.1, -0.05) is 41.5 Å². The molecule has 0 amide bonds. The molecule has 4 N–H and O–H groups in total. The van der Waals surface area contributed by atoms with Crippen molar-refractivity contribution >= 4 is 60.4 Å². The van der Waals surface area contributed by atoms with Gasteiger partial charge in [-0.2, -0.15) is 61.5 Å². The van der Waals surface area contributed by atoms with Crippen molar-refractivity contribution in [2.24, 2.45) is 10.8 Å². The van der Waals surface area contributed by atoms with Crippen LogP contribution in [0.4, 0.5) is 61.5 Å². The Morgan fingerprint density at radius 1 is 0.488 bits per heavy atom. The summed E-state index contributed by atoms with van der Waals surface area (Å²) in [6.07, 6.45) is -14.1. The zero-order chi connectivity index (χ0) is 31.7. The first-order valence-corrected chi connectivity index (χ1v) is 9.62. The molecule has 0 saturated heterocycles. The van der Waals surface area contributed by atoms with Gasteiger partial charge in [0, 0.05) is 0 Å². The summed E-state index contributed by atoms with van der Waals surface area (Å²) in [7, 11) is 0. The quantitative estimate of drug-likeness (QED) is 0.177. The van der Waals surface area contributed by atoms with E-state index in [9.17, 15) is 81.3 Å². The van der Waals surface area contributed by atoms with Crippen molar-refractivity contribution in [1.82, 2.24) is 0 Å². The van der Waals surface area contributed by atoms with Gasteiger partial charge < -0.3 is 21.2 Å². The molecule has 0 bridgehead atoms. The van der Waals surface area contributed by atoms with Gasteiger partial charge in [-0.15, -0.1) is 11.5 Å². The summed E-state index contributed by atoms with van der Waals surface area (Å²) < 4.78 is 172. The first-order chi connectivity index (χ1) is 16.1. The predicted molar refractivity (Wildman–Crippen MR) is 110 cm³/mol. The summed E-state index contributed by atoms with van der Waals surface area (Å²) in [4.78, 5) is 21.6. The maximum Gasteiger partial charge on any atom is 2.00 e. The van der Waals surface area contributed by atoms with Gasteiger partial charge in [0.1, 0.15) is 0 Å². The third-order valence-corrected chi connectivity index (χ3v) is 4.12. The molecule has 0 aromatic carbocycles. The van der Waals surface area contributed by atoms with E-state index in [0.29, 0.717) is 0 Å². The standard InChI is InChI=1S/2C10H11F7O2.Ba.2H2O/c2*1-7(2,3)5(18)4-6(19)8(11,12)9(13,14)10(15,16)17;;;/h2*4,18H,1-3H3;;2*1H2/q;;+2;;/p-2/b2*5-4-;;;. The number of halogens is 14. The van der Waals surface area contributed by atoms with Crippen LogP contribution in [0, 0.1) is 10.8 Å². The summed E-state index contributed by atoms with van der Waals surface area (Å²) in [6.45, 7) is 7.08. The minimum atomic E-state index is -6.61. The van der Waals surface area contributed by atoms with Gasteiger partial charge in [0.05, 0.1) is 0 Å². The molecule has 0 aliphatic heterocycles. The summed E-state index contributed by atoms with van der Waals surface area (Å²) in [6, 6.07) is 0. The van der Waals surface area contributed by atoms with Crippen LogP contribution in [0.5, 0.6) is 0 Å². The molecule has 41 heavy (non-hydrogen) atoms. The van der Waals surface area contributed by atoms with Gasteiger partial charge in [-0.25, -0.2) is 0 Å². The molecule has 0 aliphatic carbocycles. The number of alkyl halides is 14. The molecule has 0 fully saturated rings. The molecule has 21 heteroatoms. The summed E-state index contributed by atoms with van der Waals surface area (Å²) >= 11 is 0. The number of carbonyl (C=O) groups is 2. The number of carbonyl (C=O) groups excluding carboxylic acids is 2. The molecule has 0 saturated carbocycles. The fraction of sp³-hybridized carbons (Fsp3) is 0.700. The summed E-state index contributed by atoms with van der Waals surface area (Å²) in [5.74, 6) is -33.5. The second kappa shape index (κ2) is 15.1. The van der Waals surface area contributed by atoms with E-state index in [4.69, 9.17) is 0 Å². The molecule has 0 aliphatic rings. The minimum absolute atomic E-state index is 0. The Morgan fingerprint density at radius 3 is 0.780 bits per heavy atom. The first-order valence-electron chi connectivity index (χ1n) is 9.62. The SMILES string of the molecule is CC(C)(C)/C([O-])=C/C(=O)C(F)(F)C(F)(F)C(F)(F)F.CC(C)(C)/C([O-])=C/C(=O)C(F)(F)C(F)(F)C(F)(F)F.O.O.[Ba+2]. The molecule has 0 heterocycles. The smallest absolute Gasteiger partial charge is 0.875 e. The van der Waals surface area contributed by atoms with Crippen LogP contribution >= 0.6 is 0 Å². The normalized spacial score (nSPS) is 14.4. The fourth-order valence-corrected chi connectivity index (χ4v) is 1.52. The van der Waals surface area contributed by atoms with Crippen molar-refractivity contribution in [1.29, 1.82) is 0 Å². The van der Waals surface area contributed by atoms with Crippen molar-refractivity contribution in [3.8, 4) is 0 Å². The van der Waals surface area contributed by atoms with Gasteiger partial charge in [0.2, 0.25) is 11.6 Å². The molecule has 240 valence electrons. The van der Waals surface area contributed by atoms with Crippen LogP contribution in [-0.4, -0.2) is 107 Å². The van der Waals surface area contributed by atoms with Crippen LogP contribution in [0.25, 0.3) is 0 Å². The number of hydrogen-bond donors (Lipinski definition) is 0. The van der Waals surface area contributed by atoms with Crippen LogP contribution in [0.2, 0.25) is 0 Å². The maximum atomic E-state index is 12.8. The molecule has 0 aromatic heterocycles. The Morgan fingerprint density at radius 2 is 0.659 bits per heavy atom. The van der Waals surface area contributed by atoms with E-state index < -0.39 is 82.1 Å². The topological polar surface area (TPSA) is 143 Å². The van der Waals surface area contributed by atoms with Crippen LogP contribution in [0.15, 0.2) is 23.7 Å². The van der Waals surface area contributed by atoms with Gasteiger partial charge in [-0.3, -0.25) is 9.59 Å². The third kappa shape index (κ3) is 11.9. The van der Waals surface area contributed by atoms with Gasteiger partial charge in [0.15, 0.2) is 0 Å². The molecule has 0 atom stereocenters. The van der Waals surface area contributed by atoms with Gasteiger partial charge in [-0.05, 0) is 23.0 Å². The second-order valence-electron chi connectivity index (χ2n) is 9.54. The van der Waals surface area contributed by atoms with E-state index in [1.807, 2.05) is 0 Å². The zero-order valence-electron chi connectivity index (χ0n) is 21.8. The van der Waals surface area contributed by atoms with Crippen molar-refractivity contribution in [2.75, 3.05) is 0 Å². The Bertz CT molecular complexity index is 864. The Hall–Kier alpha value is -1.07. The van der Waals surface area contributed by atoms with E-state index in [-0.39, 0.29) is 59.8 Å². The van der Waals surface area contributed by atoms with Crippen LogP contribution in [-0.2, 0) is 9.59 Å². The van der Waals surface area contributed by atoms with E-state index in [2.05, 4.69) is 0 Å². The number of ketones is 2. The maximum absolute atomic E-state index is 12.8. The van der Waals surface area contributed by atoms with Crippen molar-refractivity contribution < 1.29 is 92.2 Å². The largest absolute Gasteiger partial charge is 2.00 e. The molecule has 0 radical (unpaired) electrons. The van der Waals surface area contributed by atoms with Crippen molar-refractivity contribution in [2.45, 2.75) is 77.6 Å². The van der Waals surface area contributed by atoms with E-state index in [1.54, 1.807) is 0 Å². The van der Waals surface area contributed by atoms with E-state index in [0.717, 1.165) is 0 Å². The molecule has 0 aromatic rings. The van der Waals surface area contributed by atoms with Gasteiger partial charge >= 0.3 is 84.9 Å². The summed E-state index contributed by atoms with van der Waals surface area (Å²) in [5.41, 5.74) is -2.72. The third-order valence-electron chi connectivity index (χ3n) is 4.12. The van der Waals surface area contributed by atoms with Crippen LogP contribution in [0.1, 0.15) is 41.5 Å². The Kier molecular flexibility index (Phi) is 18.3. The predicted octanol–water partition coefficient (Wildman–Crippen LogP) is 3.33. The minimum Gasteiger partial charge on any atom is -0.875 e. The first kappa shape index (κ1) is 49.6. The molecule has 0 spiro atoms. The molecular weight excluding hydrogens is 740 g/mol. The Balaban J connectivity index is -0.000000196. The van der Waals surface area contributed by atoms with Crippen LogP contribution < -0.4 is 10.2 Å². The average molecular weight is 764 g/mol. The van der Waals surface area contributed by atoms with E-state index >= 15 is 0 Å². The molecule has 6 nitrogen and oxygen atoms in total. The second-order valence-corrected chi connectivity index (χ2v) is 9.54. The summed E-state index contributed by atoms with van der Waals surface area (Å²) in [5, 5.41) is 22.3. The Labute approximate surface area is 263 Å². The van der Waals surface area contributed by atoms with Crippen molar-refractivity contribution in [3.05, 3.63) is 23.7 Å². The molecule has 0 unspecified atom stereocenters.